The van der Waals surface area contributed by atoms with E-state index in [1.54, 1.807) is 37.3 Å². The van der Waals surface area contributed by atoms with Crippen LogP contribution in [0, 0.1) is 0 Å². The van der Waals surface area contributed by atoms with Crippen LogP contribution in [-0.4, -0.2) is 56.2 Å². The van der Waals surface area contributed by atoms with Gasteiger partial charge in [-0.3, -0.25) is 4.79 Å². The van der Waals surface area contributed by atoms with Gasteiger partial charge in [0.2, 0.25) is 5.91 Å². The number of carbonyl (C=O) groups is 1. The molecule has 2 heterocycles. The zero-order valence-electron chi connectivity index (χ0n) is 18.6. The first-order valence-corrected chi connectivity index (χ1v) is 12.9. The molecule has 1 fully saturated rings. The van der Waals surface area contributed by atoms with Crippen molar-refractivity contribution in [2.75, 3.05) is 45.3 Å². The minimum absolute atomic E-state index is 0.130. The van der Waals surface area contributed by atoms with E-state index in [1.807, 2.05) is 52.7 Å². The van der Waals surface area contributed by atoms with E-state index in [9.17, 15) is 4.79 Å². The zero-order valence-corrected chi connectivity index (χ0v) is 21.0. The summed E-state index contributed by atoms with van der Waals surface area (Å²) in [5, 5.41) is 2.72. The fourth-order valence-corrected chi connectivity index (χ4v) is 5.56. The van der Waals surface area contributed by atoms with Crippen molar-refractivity contribution >= 4 is 46.3 Å². The van der Waals surface area contributed by atoms with Gasteiger partial charge in [0.25, 0.3) is 0 Å². The number of thiazole rings is 1. The second kappa shape index (κ2) is 11.1. The number of thioether (sulfide) groups is 1. The summed E-state index contributed by atoms with van der Waals surface area (Å²) in [6.07, 6.45) is 0.338. The van der Waals surface area contributed by atoms with E-state index in [-0.39, 0.29) is 5.91 Å². The molecular weight excluding hydrogens is 478 g/mol. The lowest BCUT2D eigenvalue weighted by atomic mass is 10.2. The maximum absolute atomic E-state index is 12.8. The number of carbonyl (C=O) groups excluding carboxylic acids is 1. The van der Waals surface area contributed by atoms with E-state index >= 15 is 0 Å². The number of hydrogen-bond acceptors (Lipinski definition) is 7. The summed E-state index contributed by atoms with van der Waals surface area (Å²) in [7, 11) is 3.29. The number of rotatable bonds is 8. The molecule has 0 N–H and O–H groups in total. The second-order valence-corrected chi connectivity index (χ2v) is 10.2. The average Bonchev–Trinajstić information content (AvgIpc) is 3.30. The fourth-order valence-electron chi connectivity index (χ4n) is 3.66. The van der Waals surface area contributed by atoms with Crippen LogP contribution in [0.3, 0.4) is 0 Å². The Labute approximate surface area is 207 Å². The Morgan fingerprint density at radius 1 is 1.06 bits per heavy atom. The number of benzene rings is 2. The zero-order chi connectivity index (χ0) is 23.2. The van der Waals surface area contributed by atoms with Crippen molar-refractivity contribution in [3.8, 4) is 11.5 Å². The van der Waals surface area contributed by atoms with Crippen LogP contribution in [0.15, 0.2) is 52.2 Å². The van der Waals surface area contributed by atoms with E-state index in [4.69, 9.17) is 21.1 Å². The maximum atomic E-state index is 12.8. The van der Waals surface area contributed by atoms with Crippen LogP contribution in [0.1, 0.15) is 11.3 Å². The number of anilines is 1. The molecule has 0 spiro atoms. The summed E-state index contributed by atoms with van der Waals surface area (Å²) in [5.74, 6) is 2.42. The molecule has 1 aliphatic heterocycles. The summed E-state index contributed by atoms with van der Waals surface area (Å²) in [4.78, 5) is 21.7. The smallest absolute Gasteiger partial charge is 0.228 e. The number of methoxy groups -OCH3 is 2. The molecule has 4 rings (SSSR count). The Hall–Kier alpha value is -2.42. The number of aromatic nitrogens is 1. The molecule has 0 atom stereocenters. The average molecular weight is 504 g/mol. The quantitative estimate of drug-likeness (QED) is 0.403. The van der Waals surface area contributed by atoms with Crippen molar-refractivity contribution in [1.29, 1.82) is 0 Å². The van der Waals surface area contributed by atoms with Crippen molar-refractivity contribution in [2.24, 2.45) is 0 Å². The summed E-state index contributed by atoms with van der Waals surface area (Å²) >= 11 is 9.21. The normalized spacial score (nSPS) is 13.8. The number of nitrogens with zero attached hydrogens (tertiary/aromatic N) is 3. The Morgan fingerprint density at radius 2 is 1.73 bits per heavy atom. The lowest BCUT2D eigenvalue weighted by molar-refractivity contribution is -0.130. The molecule has 0 aliphatic carbocycles. The lowest BCUT2D eigenvalue weighted by Crippen LogP contribution is -2.49. The Balaban J connectivity index is 1.27. The Kier molecular flexibility index (Phi) is 8.01. The minimum atomic E-state index is 0.130. The van der Waals surface area contributed by atoms with E-state index < -0.39 is 0 Å². The maximum Gasteiger partial charge on any atom is 0.228 e. The highest BCUT2D eigenvalue weighted by atomic mass is 35.5. The number of hydrogen-bond donors (Lipinski definition) is 0. The molecular formula is C24H26ClN3O3S2. The van der Waals surface area contributed by atoms with Crippen LogP contribution >= 0.6 is 34.7 Å². The van der Waals surface area contributed by atoms with Crippen molar-refractivity contribution in [3.05, 3.63) is 64.1 Å². The third kappa shape index (κ3) is 6.34. The van der Waals surface area contributed by atoms with Gasteiger partial charge in [0.15, 0.2) is 0 Å². The predicted octanol–water partition coefficient (Wildman–Crippen LogP) is 5.00. The van der Waals surface area contributed by atoms with E-state index in [2.05, 4.69) is 9.88 Å². The lowest BCUT2D eigenvalue weighted by Gasteiger charge is -2.36. The molecule has 174 valence electrons. The second-order valence-electron chi connectivity index (χ2n) is 7.64. The molecule has 0 unspecified atom stereocenters. The van der Waals surface area contributed by atoms with Gasteiger partial charge in [0.1, 0.15) is 15.8 Å². The van der Waals surface area contributed by atoms with Gasteiger partial charge in [-0.2, -0.15) is 0 Å². The summed E-state index contributed by atoms with van der Waals surface area (Å²) in [6, 6.07) is 13.7. The van der Waals surface area contributed by atoms with E-state index in [0.717, 1.165) is 56.6 Å². The summed E-state index contributed by atoms with van der Waals surface area (Å²) < 4.78 is 11.6. The molecule has 2 aromatic carbocycles. The monoisotopic (exact) mass is 503 g/mol. The number of halogens is 1. The topological polar surface area (TPSA) is 54.9 Å². The first-order chi connectivity index (χ1) is 16.0. The molecule has 3 aromatic rings. The van der Waals surface area contributed by atoms with Crippen LogP contribution in [0.2, 0.25) is 5.02 Å². The molecule has 9 heteroatoms. The molecule has 1 aromatic heterocycles. The first kappa shape index (κ1) is 23.7. The molecule has 1 aliphatic rings. The predicted molar refractivity (Wildman–Crippen MR) is 135 cm³/mol. The first-order valence-electron chi connectivity index (χ1n) is 10.6. The van der Waals surface area contributed by atoms with Gasteiger partial charge < -0.3 is 19.3 Å². The van der Waals surface area contributed by atoms with Crippen LogP contribution in [0.4, 0.5) is 5.69 Å². The highest BCUT2D eigenvalue weighted by Crippen LogP contribution is 2.30. The van der Waals surface area contributed by atoms with Gasteiger partial charge in [-0.25, -0.2) is 4.98 Å². The largest absolute Gasteiger partial charge is 0.497 e. The molecule has 0 saturated carbocycles. The number of ether oxygens (including phenoxy) is 2. The summed E-state index contributed by atoms with van der Waals surface area (Å²) in [5.41, 5.74) is 3.07. The highest BCUT2D eigenvalue weighted by molar-refractivity contribution is 8.00. The van der Waals surface area contributed by atoms with Crippen LogP contribution in [-0.2, 0) is 17.0 Å². The van der Waals surface area contributed by atoms with Crippen LogP contribution in [0.25, 0.3) is 0 Å². The fraction of sp³-hybridized carbons (Fsp3) is 0.333. The van der Waals surface area contributed by atoms with Gasteiger partial charge in [0, 0.05) is 54.1 Å². The van der Waals surface area contributed by atoms with Crippen molar-refractivity contribution in [2.45, 2.75) is 16.5 Å². The van der Waals surface area contributed by atoms with Crippen molar-refractivity contribution in [1.82, 2.24) is 9.88 Å². The van der Waals surface area contributed by atoms with E-state index in [0.29, 0.717) is 19.5 Å². The third-order valence-corrected chi connectivity index (χ3v) is 7.85. The molecule has 1 saturated heterocycles. The van der Waals surface area contributed by atoms with Gasteiger partial charge in [-0.1, -0.05) is 23.4 Å². The van der Waals surface area contributed by atoms with Gasteiger partial charge in [-0.15, -0.1) is 11.3 Å². The molecule has 0 radical (unpaired) electrons. The van der Waals surface area contributed by atoms with Crippen LogP contribution in [0.5, 0.6) is 11.5 Å². The molecule has 33 heavy (non-hydrogen) atoms. The summed E-state index contributed by atoms with van der Waals surface area (Å²) in [6.45, 7) is 3.06. The van der Waals surface area contributed by atoms with Crippen LogP contribution < -0.4 is 14.4 Å². The van der Waals surface area contributed by atoms with Gasteiger partial charge in [0.05, 0.1) is 26.3 Å². The van der Waals surface area contributed by atoms with Crippen molar-refractivity contribution < 1.29 is 14.3 Å². The minimum Gasteiger partial charge on any atom is -0.497 e. The number of amides is 1. The van der Waals surface area contributed by atoms with E-state index in [1.165, 1.54) is 0 Å². The SMILES string of the molecule is COc1cc(CSc2nc(CC(=O)N3CCN(c4ccc(Cl)cc4)CC3)cs2)cc(OC)c1. The number of piperazine rings is 1. The van der Waals surface area contributed by atoms with Gasteiger partial charge >= 0.3 is 0 Å². The molecule has 1 amide bonds. The standard InChI is InChI=1S/C24H26ClN3O3S2/c1-30-21-11-17(12-22(14-21)31-2)15-32-24-26-19(16-33-24)13-23(29)28-9-7-27(8-10-28)20-5-3-18(25)4-6-20/h3-6,11-12,14,16H,7-10,13,15H2,1-2H3. The molecule has 6 nitrogen and oxygen atoms in total. The van der Waals surface area contributed by atoms with Crippen molar-refractivity contribution in [3.63, 3.8) is 0 Å². The highest BCUT2D eigenvalue weighted by Gasteiger charge is 2.22. The molecule has 0 bridgehead atoms. The third-order valence-electron chi connectivity index (χ3n) is 5.46. The Bertz CT molecular complexity index is 1060. The Morgan fingerprint density at radius 3 is 2.36 bits per heavy atom. The van der Waals surface area contributed by atoms with Gasteiger partial charge in [-0.05, 0) is 42.0 Å².